The topological polar surface area (TPSA) is 95.9 Å². The van der Waals surface area contributed by atoms with E-state index in [1.54, 1.807) is 20.8 Å². The molecule has 1 amide bonds. The molecule has 0 fully saturated rings. The lowest BCUT2D eigenvalue weighted by Crippen LogP contribution is -2.55. The highest BCUT2D eigenvalue weighted by Crippen LogP contribution is 2.18. The van der Waals surface area contributed by atoms with E-state index in [1.807, 2.05) is 42.5 Å². The van der Waals surface area contributed by atoms with Crippen LogP contribution < -0.4 is 5.32 Å². The summed E-state index contributed by atoms with van der Waals surface area (Å²) in [5.74, 6) is 0.126. The monoisotopic (exact) mass is 455 g/mol. The van der Waals surface area contributed by atoms with E-state index in [1.165, 1.54) is 5.56 Å². The van der Waals surface area contributed by atoms with Crippen molar-refractivity contribution in [2.24, 2.45) is 0 Å². The first kappa shape index (κ1) is 26.6. The number of aliphatic hydroxyl groups is 2. The average Bonchev–Trinajstić information content (AvgIpc) is 2.79. The van der Waals surface area contributed by atoms with E-state index < -0.39 is 30.4 Å². The summed E-state index contributed by atoms with van der Waals surface area (Å²) in [7, 11) is 0. The van der Waals surface area contributed by atoms with Crippen molar-refractivity contribution in [3.05, 3.63) is 71.3 Å². The first-order valence-electron chi connectivity index (χ1n) is 11.6. The summed E-state index contributed by atoms with van der Waals surface area (Å²) < 4.78 is 5.25. The van der Waals surface area contributed by atoms with Crippen LogP contribution in [0.2, 0.25) is 0 Å². The number of aliphatic hydroxyl groups excluding tert-OH is 2. The minimum atomic E-state index is -1.18. The Kier molecular flexibility index (Phi) is 10.1. The summed E-state index contributed by atoms with van der Waals surface area (Å²) >= 11 is 0. The van der Waals surface area contributed by atoms with Gasteiger partial charge in [-0.25, -0.2) is 4.79 Å². The molecule has 2 aromatic rings. The number of ketones is 1. The number of amides is 1. The quantitative estimate of drug-likeness (QED) is 0.324. The number of aryl methyl sites for hydroxylation is 2. The number of alkyl carbamates (subject to hydrolysis) is 1. The lowest BCUT2D eigenvalue weighted by molar-refractivity contribution is 0.0276. The van der Waals surface area contributed by atoms with Crippen molar-refractivity contribution in [1.29, 1.82) is 0 Å². The molecule has 0 unspecified atom stereocenters. The van der Waals surface area contributed by atoms with Crippen molar-refractivity contribution in [2.75, 3.05) is 13.2 Å². The molecule has 2 aromatic carbocycles. The average molecular weight is 456 g/mol. The molecule has 0 spiro atoms. The second kappa shape index (κ2) is 12.5. The molecule has 0 saturated heterocycles. The number of ether oxygens (including phenoxy) is 1. The molecule has 6 heteroatoms. The second-order valence-corrected chi connectivity index (χ2v) is 9.54. The van der Waals surface area contributed by atoms with Crippen LogP contribution in [0.5, 0.6) is 0 Å². The molecule has 33 heavy (non-hydrogen) atoms. The summed E-state index contributed by atoms with van der Waals surface area (Å²) in [4.78, 5) is 24.6. The van der Waals surface area contributed by atoms with Gasteiger partial charge in [-0.3, -0.25) is 4.79 Å². The van der Waals surface area contributed by atoms with Gasteiger partial charge < -0.3 is 20.3 Å². The standard InChI is InChI=1S/C27H37NO5/c1-26(2,3)33-25(32)28-27(19-29,20-30)18-17-22-13-15-23(16-14-22)24(31)12-8-7-11-21-9-5-4-6-10-21/h4-6,9-10,13-16,29-30H,7-8,11-12,17-20H2,1-3H3,(H,28,32). The fourth-order valence-electron chi connectivity index (χ4n) is 3.51. The van der Waals surface area contributed by atoms with Gasteiger partial charge in [0.05, 0.1) is 18.8 Å². The number of unbranched alkanes of at least 4 members (excludes halogenated alkanes) is 1. The zero-order valence-electron chi connectivity index (χ0n) is 20.0. The molecule has 0 radical (unpaired) electrons. The van der Waals surface area contributed by atoms with Crippen molar-refractivity contribution in [1.82, 2.24) is 5.32 Å². The van der Waals surface area contributed by atoms with E-state index in [-0.39, 0.29) is 5.78 Å². The normalized spacial score (nSPS) is 11.8. The maximum atomic E-state index is 12.5. The van der Waals surface area contributed by atoms with Gasteiger partial charge in [0.2, 0.25) is 0 Å². The van der Waals surface area contributed by atoms with Crippen LogP contribution in [0.3, 0.4) is 0 Å². The number of benzene rings is 2. The number of Topliss-reactive ketones (excluding diaryl/α,β-unsaturated/α-hetero) is 1. The van der Waals surface area contributed by atoms with Gasteiger partial charge in [0, 0.05) is 12.0 Å². The van der Waals surface area contributed by atoms with E-state index in [0.717, 1.165) is 24.8 Å². The SMILES string of the molecule is CC(C)(C)OC(=O)NC(CO)(CO)CCc1ccc(C(=O)CCCCc2ccccc2)cc1. The largest absolute Gasteiger partial charge is 0.444 e. The van der Waals surface area contributed by atoms with Crippen LogP contribution in [0.4, 0.5) is 4.79 Å². The Bertz CT molecular complexity index is 868. The van der Waals surface area contributed by atoms with Gasteiger partial charge in [0.25, 0.3) is 0 Å². The Balaban J connectivity index is 1.83. The van der Waals surface area contributed by atoms with Gasteiger partial charge in [-0.05, 0) is 64.0 Å². The molecule has 2 rings (SSSR count). The van der Waals surface area contributed by atoms with Gasteiger partial charge in [-0.2, -0.15) is 0 Å². The fraction of sp³-hybridized carbons (Fsp3) is 0.481. The molecule has 180 valence electrons. The maximum Gasteiger partial charge on any atom is 0.408 e. The summed E-state index contributed by atoms with van der Waals surface area (Å²) in [5.41, 5.74) is 1.06. The van der Waals surface area contributed by atoms with E-state index in [9.17, 15) is 19.8 Å². The zero-order chi connectivity index (χ0) is 24.3. The molecule has 0 heterocycles. The third kappa shape index (κ3) is 9.36. The number of hydrogen-bond donors (Lipinski definition) is 3. The number of carbonyl (C=O) groups excluding carboxylic acids is 2. The molecule has 0 aromatic heterocycles. The summed E-state index contributed by atoms with van der Waals surface area (Å²) in [6.45, 7) is 4.42. The lowest BCUT2D eigenvalue weighted by atomic mass is 9.92. The van der Waals surface area contributed by atoms with Crippen molar-refractivity contribution < 1.29 is 24.5 Å². The van der Waals surface area contributed by atoms with Crippen LogP contribution in [-0.2, 0) is 17.6 Å². The highest BCUT2D eigenvalue weighted by atomic mass is 16.6. The van der Waals surface area contributed by atoms with E-state index >= 15 is 0 Å². The lowest BCUT2D eigenvalue weighted by Gasteiger charge is -2.32. The van der Waals surface area contributed by atoms with Crippen molar-refractivity contribution in [3.63, 3.8) is 0 Å². The molecule has 0 aliphatic rings. The fourth-order valence-corrected chi connectivity index (χ4v) is 3.51. The van der Waals surface area contributed by atoms with Crippen LogP contribution in [0.1, 0.15) is 67.9 Å². The zero-order valence-corrected chi connectivity index (χ0v) is 20.0. The molecular formula is C27H37NO5. The Morgan fingerprint density at radius 3 is 2.03 bits per heavy atom. The molecule has 0 atom stereocenters. The Morgan fingerprint density at radius 1 is 0.848 bits per heavy atom. The Morgan fingerprint density at radius 2 is 1.45 bits per heavy atom. The summed E-state index contributed by atoms with van der Waals surface area (Å²) in [6.07, 6.45) is 3.48. The maximum absolute atomic E-state index is 12.5. The predicted molar refractivity (Wildman–Crippen MR) is 129 cm³/mol. The van der Waals surface area contributed by atoms with Gasteiger partial charge in [0.15, 0.2) is 5.78 Å². The first-order valence-corrected chi connectivity index (χ1v) is 11.6. The van der Waals surface area contributed by atoms with E-state index in [0.29, 0.717) is 24.8 Å². The highest BCUT2D eigenvalue weighted by molar-refractivity contribution is 5.96. The van der Waals surface area contributed by atoms with Crippen molar-refractivity contribution >= 4 is 11.9 Å². The first-order chi connectivity index (χ1) is 15.7. The molecular weight excluding hydrogens is 418 g/mol. The van der Waals surface area contributed by atoms with Gasteiger partial charge in [-0.15, -0.1) is 0 Å². The minimum absolute atomic E-state index is 0.126. The summed E-state index contributed by atoms with van der Waals surface area (Å²) in [6, 6.07) is 17.7. The van der Waals surface area contributed by atoms with Crippen LogP contribution in [0.15, 0.2) is 54.6 Å². The smallest absolute Gasteiger partial charge is 0.408 e. The minimum Gasteiger partial charge on any atom is -0.444 e. The van der Waals surface area contributed by atoms with E-state index in [2.05, 4.69) is 17.4 Å². The third-order valence-electron chi connectivity index (χ3n) is 5.50. The third-order valence-corrected chi connectivity index (χ3v) is 5.50. The van der Waals surface area contributed by atoms with Gasteiger partial charge in [0.1, 0.15) is 5.60 Å². The van der Waals surface area contributed by atoms with Crippen LogP contribution in [-0.4, -0.2) is 46.4 Å². The van der Waals surface area contributed by atoms with Crippen molar-refractivity contribution in [2.45, 2.75) is 70.4 Å². The predicted octanol–water partition coefficient (Wildman–Crippen LogP) is 4.46. The van der Waals surface area contributed by atoms with Gasteiger partial charge >= 0.3 is 6.09 Å². The molecule has 0 aliphatic heterocycles. The Labute approximate surface area is 197 Å². The van der Waals surface area contributed by atoms with E-state index in [4.69, 9.17) is 4.74 Å². The number of carbonyl (C=O) groups is 2. The number of nitrogens with one attached hydrogen (secondary N) is 1. The van der Waals surface area contributed by atoms with Crippen molar-refractivity contribution in [3.8, 4) is 0 Å². The molecule has 0 saturated carbocycles. The van der Waals surface area contributed by atoms with Crippen LogP contribution >= 0.6 is 0 Å². The molecule has 6 nitrogen and oxygen atoms in total. The molecule has 0 aliphatic carbocycles. The highest BCUT2D eigenvalue weighted by Gasteiger charge is 2.32. The number of hydrogen-bond acceptors (Lipinski definition) is 5. The van der Waals surface area contributed by atoms with Crippen LogP contribution in [0.25, 0.3) is 0 Å². The number of rotatable bonds is 12. The Hall–Kier alpha value is -2.70. The second-order valence-electron chi connectivity index (χ2n) is 9.54. The van der Waals surface area contributed by atoms with Crippen LogP contribution in [0, 0.1) is 0 Å². The summed E-state index contributed by atoms with van der Waals surface area (Å²) in [5, 5.41) is 22.2. The molecule has 3 N–H and O–H groups in total. The van der Waals surface area contributed by atoms with Gasteiger partial charge in [-0.1, -0.05) is 54.6 Å². The molecule has 0 bridgehead atoms.